The Labute approximate surface area is 161 Å². The summed E-state index contributed by atoms with van der Waals surface area (Å²) >= 11 is 0. The molecule has 1 aliphatic heterocycles. The van der Waals surface area contributed by atoms with Gasteiger partial charge in [0.1, 0.15) is 0 Å². The Hall–Kier alpha value is -0.174. The molecule has 20 heavy (non-hydrogen) atoms. The Morgan fingerprint density at radius 3 is 2.45 bits per heavy atom. The predicted molar refractivity (Wildman–Crippen MR) is 68.6 cm³/mol. The number of cyclic esters (lactones) is 1. The maximum Gasteiger partial charge on any atom is 1.00 e. The van der Waals surface area contributed by atoms with Gasteiger partial charge in [0.2, 0.25) is 0 Å². The average molecular weight is 299 g/mol. The molecule has 3 atom stereocenters. The van der Waals surface area contributed by atoms with Gasteiger partial charge in [-0.3, -0.25) is 11.1 Å². The van der Waals surface area contributed by atoms with Gasteiger partial charge in [-0.1, -0.05) is 50.6 Å². The fourth-order valence-electron chi connectivity index (χ4n) is 2.49. The van der Waals surface area contributed by atoms with Crippen LogP contribution in [0.2, 0.25) is 0 Å². The minimum atomic E-state index is -1.05. The van der Waals surface area contributed by atoms with E-state index in [9.17, 15) is 14.7 Å². The van der Waals surface area contributed by atoms with Crippen LogP contribution in [0, 0.1) is 11.8 Å². The molecule has 1 aromatic carbocycles. The summed E-state index contributed by atoms with van der Waals surface area (Å²) in [4.78, 5) is 22.6. The average Bonchev–Trinajstić information content (AvgIpc) is 2.40. The molecule has 0 radical (unpaired) electrons. The van der Waals surface area contributed by atoms with Gasteiger partial charge in [0.25, 0.3) is 0 Å². The number of hydrogen-bond donors (Lipinski definition) is 1. The number of hydrogen-bond acceptors (Lipinski definition) is 4. The molecule has 1 aliphatic rings. The van der Waals surface area contributed by atoms with Gasteiger partial charge < -0.3 is 14.6 Å². The van der Waals surface area contributed by atoms with E-state index in [1.807, 2.05) is 19.3 Å². The summed E-state index contributed by atoms with van der Waals surface area (Å²) in [5.74, 6) is -0.875. The molecule has 0 aliphatic carbocycles. The van der Waals surface area contributed by atoms with E-state index in [0.29, 0.717) is 12.0 Å². The van der Waals surface area contributed by atoms with E-state index in [0.717, 1.165) is 0 Å². The first-order valence-corrected chi connectivity index (χ1v) is 6.26. The van der Waals surface area contributed by atoms with Gasteiger partial charge >= 0.3 is 51.4 Å². The third kappa shape index (κ3) is 3.03. The molecule has 1 fully saturated rings. The van der Waals surface area contributed by atoms with Crippen LogP contribution in [0.4, 0.5) is 0 Å². The van der Waals surface area contributed by atoms with Crippen LogP contribution < -0.4 is 51.4 Å². The molecule has 0 bridgehead atoms. The number of ether oxygens (including phenoxy) is 1. The van der Waals surface area contributed by atoms with Crippen molar-refractivity contribution < 1.29 is 70.8 Å². The number of carbonyl (C=O) groups is 1. The molecule has 0 aromatic heterocycles. The van der Waals surface area contributed by atoms with Crippen molar-refractivity contribution in [2.75, 3.05) is 0 Å². The van der Waals surface area contributed by atoms with E-state index >= 15 is 0 Å². The van der Waals surface area contributed by atoms with Crippen LogP contribution >= 0.6 is 0 Å². The SMILES string of the molecule is CCC([C-]=O)[C@]1(C)OC(=O)[C-]1[C@@H](O)c1ccccc1.[K+]. The van der Waals surface area contributed by atoms with Crippen LogP contribution in [-0.2, 0) is 14.3 Å². The van der Waals surface area contributed by atoms with Crippen LogP contribution in [0.5, 0.6) is 0 Å². The van der Waals surface area contributed by atoms with Crippen molar-refractivity contribution in [3.05, 3.63) is 41.8 Å². The van der Waals surface area contributed by atoms with E-state index in [1.165, 1.54) is 0 Å². The third-order valence-electron chi connectivity index (χ3n) is 3.66. The molecule has 1 N–H and O–H groups in total. The third-order valence-corrected chi connectivity index (χ3v) is 3.66. The quantitative estimate of drug-likeness (QED) is 0.419. The first kappa shape index (κ1) is 17.9. The number of rotatable bonds is 5. The topological polar surface area (TPSA) is 63.6 Å². The van der Waals surface area contributed by atoms with Gasteiger partial charge in [-0.25, -0.2) is 0 Å². The van der Waals surface area contributed by atoms with E-state index in [1.54, 1.807) is 31.2 Å². The van der Waals surface area contributed by atoms with Crippen molar-refractivity contribution in [2.24, 2.45) is 5.92 Å². The first-order valence-electron chi connectivity index (χ1n) is 6.26. The minimum Gasteiger partial charge on any atom is -0.541 e. The molecular formula is C15H16KO4-. The van der Waals surface area contributed by atoms with Crippen molar-refractivity contribution in [1.82, 2.24) is 0 Å². The number of aliphatic hydroxyl groups excluding tert-OH is 1. The minimum absolute atomic E-state index is 0. The van der Waals surface area contributed by atoms with Gasteiger partial charge in [0.05, 0.1) is 0 Å². The second kappa shape index (κ2) is 7.20. The second-order valence-electron chi connectivity index (χ2n) is 4.80. The zero-order valence-corrected chi connectivity index (χ0v) is 15.0. The predicted octanol–water partition coefficient (Wildman–Crippen LogP) is -1.25. The molecule has 0 amide bonds. The fraction of sp³-hybridized carbons (Fsp3) is 0.400. The summed E-state index contributed by atoms with van der Waals surface area (Å²) < 4.78 is 5.13. The largest absolute Gasteiger partial charge is 1.00 e. The number of carbonyl (C=O) groups excluding carboxylic acids is 2. The van der Waals surface area contributed by atoms with Crippen molar-refractivity contribution in [1.29, 1.82) is 0 Å². The normalized spacial score (nSPS) is 23.9. The Balaban J connectivity index is 0.00000200. The van der Waals surface area contributed by atoms with E-state index in [2.05, 4.69) is 0 Å². The van der Waals surface area contributed by atoms with Crippen molar-refractivity contribution in [2.45, 2.75) is 32.0 Å². The number of aliphatic hydroxyl groups is 1. The zero-order valence-electron chi connectivity index (χ0n) is 11.9. The molecular weight excluding hydrogens is 283 g/mol. The fourth-order valence-corrected chi connectivity index (χ4v) is 2.49. The van der Waals surface area contributed by atoms with Gasteiger partial charge in [0.15, 0.2) is 5.97 Å². The molecule has 0 saturated carbocycles. The Kier molecular flexibility index (Phi) is 6.44. The Morgan fingerprint density at radius 2 is 2.00 bits per heavy atom. The van der Waals surface area contributed by atoms with E-state index in [-0.39, 0.29) is 57.3 Å². The summed E-state index contributed by atoms with van der Waals surface area (Å²) in [7, 11) is 0. The first-order chi connectivity index (χ1) is 9.04. The molecule has 1 unspecified atom stereocenters. The Morgan fingerprint density at radius 1 is 1.40 bits per heavy atom. The summed E-state index contributed by atoms with van der Waals surface area (Å²) in [6, 6.07) is 8.85. The number of benzene rings is 1. The van der Waals surface area contributed by atoms with Crippen LogP contribution in [0.1, 0.15) is 31.9 Å². The zero-order chi connectivity index (χ0) is 14.0. The molecule has 102 valence electrons. The smallest absolute Gasteiger partial charge is 0.541 e. The maximum atomic E-state index is 11.6. The molecule has 1 saturated heterocycles. The molecule has 2 rings (SSSR count). The maximum absolute atomic E-state index is 11.6. The van der Waals surface area contributed by atoms with Crippen LogP contribution in [0.3, 0.4) is 0 Å². The van der Waals surface area contributed by atoms with E-state index < -0.39 is 23.6 Å². The molecule has 4 nitrogen and oxygen atoms in total. The summed E-state index contributed by atoms with van der Waals surface area (Å²) in [5, 5.41) is 10.3. The van der Waals surface area contributed by atoms with E-state index in [4.69, 9.17) is 4.74 Å². The van der Waals surface area contributed by atoms with Gasteiger partial charge in [0, 0.05) is 0 Å². The molecule has 1 aromatic rings. The molecule has 0 spiro atoms. The number of esters is 1. The van der Waals surface area contributed by atoms with Crippen molar-refractivity contribution in [3.8, 4) is 0 Å². The van der Waals surface area contributed by atoms with Gasteiger partial charge in [-0.05, 0) is 17.3 Å². The summed E-state index contributed by atoms with van der Waals surface area (Å²) in [6.07, 6.45) is 1.34. The van der Waals surface area contributed by atoms with Crippen molar-refractivity contribution >= 4 is 12.3 Å². The van der Waals surface area contributed by atoms with Crippen LogP contribution in [0.15, 0.2) is 30.3 Å². The van der Waals surface area contributed by atoms with Crippen molar-refractivity contribution in [3.63, 3.8) is 0 Å². The summed E-state index contributed by atoms with van der Waals surface area (Å²) in [6.45, 7) is 3.47. The van der Waals surface area contributed by atoms with Gasteiger partial charge in [-0.2, -0.15) is 5.92 Å². The second-order valence-corrected chi connectivity index (χ2v) is 4.80. The monoisotopic (exact) mass is 299 g/mol. The summed E-state index contributed by atoms with van der Waals surface area (Å²) in [5.41, 5.74) is -0.441. The molecule has 5 heteroatoms. The van der Waals surface area contributed by atoms with Crippen LogP contribution in [0.25, 0.3) is 0 Å². The Bertz CT molecular complexity index is 476. The molecule has 1 heterocycles. The van der Waals surface area contributed by atoms with Crippen LogP contribution in [-0.4, -0.2) is 23.0 Å². The standard InChI is InChI=1S/C15H16O4.K/c1-3-11(9-16)15(2)12(14(18)19-15)13(17)10-7-5-4-6-8-10;/h4-8,11,13,17H,3H2,1-2H3;/q-2;+1/t11?,13-,15-;/m0./s1. The van der Waals surface area contributed by atoms with Gasteiger partial charge in [-0.15, -0.1) is 5.92 Å².